The third-order valence-corrected chi connectivity index (χ3v) is 10.4. The van der Waals surface area contributed by atoms with E-state index in [1.807, 2.05) is 0 Å². The molecule has 0 aromatic heterocycles. The zero-order valence-corrected chi connectivity index (χ0v) is 19.7. The molecule has 16 aliphatic heterocycles. The van der Waals surface area contributed by atoms with Crippen molar-refractivity contribution in [3.8, 4) is 0 Å². The van der Waals surface area contributed by atoms with Crippen LogP contribution in [-0.2, 0) is 26.2 Å². The van der Waals surface area contributed by atoms with Crippen LogP contribution in [0.25, 0.3) is 0 Å². The van der Waals surface area contributed by atoms with Crippen LogP contribution in [-0.4, -0.2) is 96.5 Å². The molecule has 0 aliphatic carbocycles. The fraction of sp³-hybridized carbons (Fsp3) is 0.571. The second-order valence-corrected chi connectivity index (χ2v) is 12.3. The van der Waals surface area contributed by atoms with Gasteiger partial charge in [0.1, 0.15) is 105 Å². The van der Waals surface area contributed by atoms with E-state index in [1.165, 1.54) is 123 Å². The largest absolute Gasteiger partial charge is 0.306 e. The molecule has 4 heteroatoms. The summed E-state index contributed by atoms with van der Waals surface area (Å²) in [6, 6.07) is 19.7. The third-order valence-electron chi connectivity index (χ3n) is 10.4. The summed E-state index contributed by atoms with van der Waals surface area (Å²) in [6.45, 7) is 21.4. The van der Waals surface area contributed by atoms with Gasteiger partial charge in [-0.05, 0) is 6.07 Å². The van der Waals surface area contributed by atoms with Crippen LogP contribution in [0.4, 0.5) is 0 Å². The Balaban J connectivity index is 1.25. The van der Waals surface area contributed by atoms with Gasteiger partial charge >= 0.3 is 0 Å². The van der Waals surface area contributed by atoms with Gasteiger partial charge in [-0.3, -0.25) is 0 Å². The summed E-state index contributed by atoms with van der Waals surface area (Å²) in [5.74, 6) is 0. The molecular weight excluding hydrogens is 392 g/mol. The summed E-state index contributed by atoms with van der Waals surface area (Å²) in [5, 5.41) is 0. The molecule has 0 N–H and O–H groups in total. The number of quaternary nitrogens is 4. The maximum atomic E-state index is 2.59. The number of fused-ring (bicyclic) bond motifs is 1. The van der Waals surface area contributed by atoms with Gasteiger partial charge in [-0.1, -0.05) is 42.5 Å². The van der Waals surface area contributed by atoms with Crippen molar-refractivity contribution < 1.29 is 17.9 Å². The van der Waals surface area contributed by atoms with Crippen LogP contribution in [0.15, 0.2) is 48.5 Å². The van der Waals surface area contributed by atoms with Gasteiger partial charge < -0.3 is 17.9 Å². The van der Waals surface area contributed by atoms with E-state index in [4.69, 9.17) is 0 Å². The van der Waals surface area contributed by atoms with Crippen LogP contribution in [0, 0.1) is 0 Å². The zero-order chi connectivity index (χ0) is 21.3. The molecule has 0 unspecified atom stereocenters. The summed E-state index contributed by atoms with van der Waals surface area (Å²) < 4.78 is 5.34. The Morgan fingerprint density at radius 1 is 0.344 bits per heavy atom. The predicted molar refractivity (Wildman–Crippen MR) is 127 cm³/mol. The molecule has 32 heavy (non-hydrogen) atoms. The van der Waals surface area contributed by atoms with E-state index < -0.39 is 0 Å². The van der Waals surface area contributed by atoms with Gasteiger partial charge in [0.2, 0.25) is 0 Å². The minimum Gasteiger partial charge on any atom is -0.306 e. The Morgan fingerprint density at radius 2 is 0.625 bits per heavy atom. The lowest BCUT2D eigenvalue weighted by molar-refractivity contribution is -1.09. The average Bonchev–Trinajstić information content (AvgIpc) is 2.83. The van der Waals surface area contributed by atoms with Crippen molar-refractivity contribution in [2.45, 2.75) is 26.2 Å². The van der Waals surface area contributed by atoms with Crippen molar-refractivity contribution in [3.63, 3.8) is 0 Å². The van der Waals surface area contributed by atoms with Crippen molar-refractivity contribution in [3.05, 3.63) is 70.8 Å². The predicted octanol–water partition coefficient (Wildman–Crippen LogP) is 2.72. The highest BCUT2D eigenvalue weighted by molar-refractivity contribution is 5.23. The Hall–Kier alpha value is -1.72. The van der Waals surface area contributed by atoms with E-state index in [0.717, 1.165) is 0 Å². The Kier molecular flexibility index (Phi) is 4.25. The molecule has 8 bridgehead atoms. The van der Waals surface area contributed by atoms with Gasteiger partial charge in [0.05, 0.1) is 0 Å². The van der Waals surface area contributed by atoms with E-state index in [2.05, 4.69) is 48.5 Å². The van der Waals surface area contributed by atoms with E-state index in [1.54, 1.807) is 22.3 Å². The molecule has 4 nitrogen and oxygen atoms in total. The number of rotatable bonds is 0. The van der Waals surface area contributed by atoms with Crippen LogP contribution >= 0.6 is 0 Å². The fourth-order valence-electron chi connectivity index (χ4n) is 7.96. The molecular formula is C28H40N4+4. The highest BCUT2D eigenvalue weighted by Gasteiger charge is 2.50. The van der Waals surface area contributed by atoms with Gasteiger partial charge in [0.15, 0.2) is 0 Å². The highest BCUT2D eigenvalue weighted by atomic mass is 15.5. The molecule has 6 saturated heterocycles. The summed E-state index contributed by atoms with van der Waals surface area (Å²) in [6.07, 6.45) is 0. The van der Waals surface area contributed by atoms with Gasteiger partial charge in [-0.15, -0.1) is 0 Å². The van der Waals surface area contributed by atoms with Crippen LogP contribution in [0.1, 0.15) is 22.3 Å². The van der Waals surface area contributed by atoms with Gasteiger partial charge in [-0.25, -0.2) is 0 Å². The minimum absolute atomic E-state index is 1.25. The van der Waals surface area contributed by atoms with Crippen LogP contribution in [0.3, 0.4) is 0 Å². The molecule has 0 spiro atoms. The molecule has 16 heterocycles. The van der Waals surface area contributed by atoms with E-state index in [-0.39, 0.29) is 0 Å². The molecule has 2 aromatic carbocycles. The summed E-state index contributed by atoms with van der Waals surface area (Å²) in [7, 11) is 0. The van der Waals surface area contributed by atoms with Crippen molar-refractivity contribution in [2.24, 2.45) is 0 Å². The second-order valence-electron chi connectivity index (χ2n) is 12.3. The first-order chi connectivity index (χ1) is 15.6. The minimum atomic E-state index is 1.25. The second kappa shape index (κ2) is 6.89. The SMILES string of the molecule is c1cc2cc(c1)C[N+]13CC[N+](CC1)(CC3)Cc1ccc(cc1)C[N+]13CC[N+](CC1)(CC3)C2. The van der Waals surface area contributed by atoms with Crippen LogP contribution in [0.5, 0.6) is 0 Å². The maximum Gasteiger partial charge on any atom is 0.129 e. The molecule has 16 aliphatic rings. The lowest BCUT2D eigenvalue weighted by Crippen LogP contribution is -2.74. The van der Waals surface area contributed by atoms with E-state index in [0.29, 0.717) is 0 Å². The lowest BCUT2D eigenvalue weighted by atomic mass is 10.0. The number of benzene rings is 2. The average molecular weight is 433 g/mol. The van der Waals surface area contributed by atoms with Gasteiger partial charge in [0.25, 0.3) is 0 Å². The molecule has 0 radical (unpaired) electrons. The first-order valence-electron chi connectivity index (χ1n) is 13.1. The Bertz CT molecular complexity index is 899. The molecule has 168 valence electrons. The smallest absolute Gasteiger partial charge is 0.129 e. The van der Waals surface area contributed by atoms with Crippen LogP contribution in [0.2, 0.25) is 0 Å². The number of piperazine rings is 6. The molecule has 0 amide bonds. The molecule has 0 saturated carbocycles. The standard InChI is InChI=1S/C28H40N4/c1-2-27-20-28(3-1)24-32-17-11-30(12-18-32,13-19-32)22-26-6-4-25(5-7-26)21-29-8-14-31(23-27,15-9-29)16-10-29/h1-7,20H,8-19,21-24H2/q+4. The van der Waals surface area contributed by atoms with Gasteiger partial charge in [0, 0.05) is 22.3 Å². The van der Waals surface area contributed by atoms with Crippen LogP contribution < -0.4 is 0 Å². The summed E-state index contributed by atoms with van der Waals surface area (Å²) in [4.78, 5) is 0. The number of nitrogens with zero attached hydrogens (tertiary/aromatic N) is 4. The van der Waals surface area contributed by atoms with Crippen molar-refractivity contribution >= 4 is 0 Å². The van der Waals surface area contributed by atoms with Crippen molar-refractivity contribution in [1.29, 1.82) is 0 Å². The van der Waals surface area contributed by atoms with Crippen molar-refractivity contribution in [1.82, 2.24) is 0 Å². The Morgan fingerprint density at radius 3 is 0.938 bits per heavy atom. The first-order valence-corrected chi connectivity index (χ1v) is 13.1. The molecule has 2 aromatic rings. The Labute approximate surface area is 193 Å². The molecule has 6 fully saturated rings. The zero-order valence-electron chi connectivity index (χ0n) is 19.7. The first kappa shape index (κ1) is 19.7. The molecule has 18 rings (SSSR count). The summed E-state index contributed by atoms with van der Waals surface area (Å²) in [5.41, 5.74) is 6.31. The lowest BCUT2D eigenvalue weighted by Gasteiger charge is -2.55. The molecule has 0 atom stereocenters. The summed E-state index contributed by atoms with van der Waals surface area (Å²) >= 11 is 0. The van der Waals surface area contributed by atoms with E-state index in [9.17, 15) is 0 Å². The highest BCUT2D eigenvalue weighted by Crippen LogP contribution is 2.34. The maximum absolute atomic E-state index is 2.59. The topological polar surface area (TPSA) is 0 Å². The van der Waals surface area contributed by atoms with Crippen molar-refractivity contribution in [2.75, 3.05) is 78.5 Å². The normalized spacial score (nSPS) is 40.2. The quantitative estimate of drug-likeness (QED) is 0.562. The van der Waals surface area contributed by atoms with E-state index >= 15 is 0 Å². The third kappa shape index (κ3) is 3.27. The number of hydrogen-bond donors (Lipinski definition) is 0. The monoisotopic (exact) mass is 432 g/mol. The fourth-order valence-corrected chi connectivity index (χ4v) is 7.96. The van der Waals surface area contributed by atoms with Gasteiger partial charge in [-0.2, -0.15) is 0 Å². The number of hydrogen-bond acceptors (Lipinski definition) is 0.